The highest BCUT2D eigenvalue weighted by Gasteiger charge is 2.57. The van der Waals surface area contributed by atoms with E-state index >= 15 is 0 Å². The van der Waals surface area contributed by atoms with E-state index in [0.717, 1.165) is 0 Å². The Labute approximate surface area is 222 Å². The topological polar surface area (TPSA) is 167 Å². The summed E-state index contributed by atoms with van der Waals surface area (Å²) in [6.07, 6.45) is 1.74. The summed E-state index contributed by atoms with van der Waals surface area (Å²) in [5.74, 6) is -1.44. The van der Waals surface area contributed by atoms with Crippen LogP contribution in [0.25, 0.3) is 11.2 Å². The average Bonchev–Trinajstić information content (AvgIpc) is 3.40. The Morgan fingerprint density at radius 3 is 2.53 bits per heavy atom. The third kappa shape index (κ3) is 4.55. The Hall–Kier alpha value is -3.73. The zero-order chi connectivity index (χ0) is 27.8. The van der Waals surface area contributed by atoms with Crippen LogP contribution >= 0.6 is 11.6 Å². The quantitative estimate of drug-likeness (QED) is 0.172. The van der Waals surface area contributed by atoms with E-state index in [1.54, 1.807) is 55.4 Å². The van der Waals surface area contributed by atoms with Gasteiger partial charge in [0.2, 0.25) is 0 Å². The van der Waals surface area contributed by atoms with Gasteiger partial charge in [0.1, 0.15) is 22.9 Å². The van der Waals surface area contributed by atoms with Crippen molar-refractivity contribution >= 4 is 40.4 Å². The first kappa shape index (κ1) is 27.3. The van der Waals surface area contributed by atoms with Gasteiger partial charge in [0, 0.05) is 26.6 Å². The number of benzene rings is 1. The van der Waals surface area contributed by atoms with Crippen molar-refractivity contribution in [2.45, 2.75) is 36.1 Å². The zero-order valence-corrected chi connectivity index (χ0v) is 21.1. The van der Waals surface area contributed by atoms with Crippen molar-refractivity contribution in [2.24, 2.45) is 0 Å². The molecule has 2 aromatic heterocycles. The molecule has 0 unspecified atom stereocenters. The lowest BCUT2D eigenvalue weighted by Gasteiger charge is -2.30. The van der Waals surface area contributed by atoms with Gasteiger partial charge in [-0.1, -0.05) is 47.9 Å². The number of imidazole rings is 1. The number of terminal acetylenes is 1. The van der Waals surface area contributed by atoms with Crippen LogP contribution in [-0.2, 0) is 25.5 Å². The van der Waals surface area contributed by atoms with E-state index < -0.39 is 54.6 Å². The Balaban J connectivity index is 1.67. The number of pyridine rings is 1. The molecular formula is C25H25ClN4O8. The van der Waals surface area contributed by atoms with Crippen LogP contribution in [0.2, 0.25) is 5.15 Å². The Morgan fingerprint density at radius 1 is 1.29 bits per heavy atom. The van der Waals surface area contributed by atoms with Crippen molar-refractivity contribution in [3.05, 3.63) is 53.4 Å². The lowest BCUT2D eigenvalue weighted by molar-refractivity contribution is -0.191. The molecule has 0 aliphatic carbocycles. The summed E-state index contributed by atoms with van der Waals surface area (Å²) < 4.78 is 12.6. The minimum Gasteiger partial charge on any atom is -0.479 e. The molecule has 3 heterocycles. The maximum atomic E-state index is 12.1. The molecule has 0 bridgehead atoms. The second-order valence-corrected chi connectivity index (χ2v) is 9.41. The minimum atomic E-state index is -2.72. The van der Waals surface area contributed by atoms with E-state index in [2.05, 4.69) is 15.9 Å². The molecule has 4 atom stereocenters. The van der Waals surface area contributed by atoms with E-state index in [9.17, 15) is 30.0 Å². The molecule has 3 aromatic rings. The monoisotopic (exact) mass is 544 g/mol. The van der Waals surface area contributed by atoms with Crippen LogP contribution in [0.15, 0.2) is 42.7 Å². The summed E-state index contributed by atoms with van der Waals surface area (Å²) in [7, 11) is 3.56. The van der Waals surface area contributed by atoms with E-state index in [4.69, 9.17) is 27.5 Å². The second-order valence-electron chi connectivity index (χ2n) is 9.02. The minimum absolute atomic E-state index is 0.135. The van der Waals surface area contributed by atoms with Gasteiger partial charge in [-0.15, -0.1) is 6.42 Å². The molecule has 0 spiro atoms. The predicted octanol–water partition coefficient (Wildman–Crippen LogP) is 0.941. The number of anilines is 1. The lowest BCUT2D eigenvalue weighted by atomic mass is 9.92. The van der Waals surface area contributed by atoms with Gasteiger partial charge in [0.15, 0.2) is 17.5 Å². The molecule has 1 saturated heterocycles. The Morgan fingerprint density at radius 2 is 1.95 bits per heavy atom. The molecular weight excluding hydrogens is 520 g/mol. The van der Waals surface area contributed by atoms with Gasteiger partial charge in [-0.3, -0.25) is 4.57 Å². The number of nitrogens with zero attached hydrogens (tertiary/aromatic N) is 4. The number of rotatable bonds is 9. The number of carboxylic acid groups (broad SMARTS) is 2. The maximum Gasteiger partial charge on any atom is 0.348 e. The second kappa shape index (κ2) is 10.2. The fourth-order valence-electron chi connectivity index (χ4n) is 4.32. The SMILES string of the molecule is C#C[C@@]1(O)[C@@H](COC(Cc2ccccc2)(C(=O)O)C(=O)O)O[C@@H](n2cnc3c(N(C)C)cc(Cl)nc32)[C@@H]1O. The molecule has 1 aliphatic heterocycles. The maximum absolute atomic E-state index is 12.1. The highest BCUT2D eigenvalue weighted by molar-refractivity contribution is 6.30. The highest BCUT2D eigenvalue weighted by Crippen LogP contribution is 2.40. The molecule has 4 N–H and O–H groups in total. The number of hydrogen-bond acceptors (Lipinski definition) is 9. The highest BCUT2D eigenvalue weighted by atomic mass is 35.5. The third-order valence-corrected chi connectivity index (χ3v) is 6.64. The van der Waals surface area contributed by atoms with Crippen LogP contribution in [-0.4, -0.2) is 91.0 Å². The van der Waals surface area contributed by atoms with Crippen molar-refractivity contribution in [2.75, 3.05) is 25.6 Å². The third-order valence-electron chi connectivity index (χ3n) is 6.45. The molecule has 1 aliphatic rings. The molecule has 1 fully saturated rings. The number of aliphatic hydroxyl groups is 2. The van der Waals surface area contributed by atoms with Crippen molar-refractivity contribution in [1.82, 2.24) is 14.5 Å². The number of aliphatic hydroxyl groups excluding tert-OH is 1. The van der Waals surface area contributed by atoms with Crippen molar-refractivity contribution in [1.29, 1.82) is 0 Å². The van der Waals surface area contributed by atoms with Gasteiger partial charge >= 0.3 is 11.9 Å². The zero-order valence-electron chi connectivity index (χ0n) is 20.4. The van der Waals surface area contributed by atoms with E-state index in [-0.39, 0.29) is 10.8 Å². The number of fused-ring (bicyclic) bond motifs is 1. The first-order valence-corrected chi connectivity index (χ1v) is 11.7. The van der Waals surface area contributed by atoms with Crippen LogP contribution in [0.3, 0.4) is 0 Å². The smallest absolute Gasteiger partial charge is 0.348 e. The fraction of sp³-hybridized carbons (Fsp3) is 0.360. The van der Waals surface area contributed by atoms with E-state index in [0.29, 0.717) is 16.8 Å². The standard InChI is InChI=1S/C25H25ClN4O8/c1-4-24(36)16(12-37-25(22(32)33,23(34)35)11-14-8-6-5-7-9-14)38-21(19(24)31)30-13-27-18-15(29(2)3)10-17(26)28-20(18)30/h1,5-10,13,16,19,21,31,36H,11-12H2,2-3H3,(H,32,33)(H,34,35)/t16-,19+,21-,24-/m1/s1. The molecule has 13 heteroatoms. The first-order valence-electron chi connectivity index (χ1n) is 11.3. The average molecular weight is 545 g/mol. The molecule has 1 aromatic carbocycles. The number of ether oxygens (including phenoxy) is 2. The summed E-state index contributed by atoms with van der Waals surface area (Å²) in [5, 5.41) is 42.0. The van der Waals surface area contributed by atoms with Crippen LogP contribution in [0.5, 0.6) is 0 Å². The molecule has 38 heavy (non-hydrogen) atoms. The van der Waals surface area contributed by atoms with Gasteiger partial charge in [-0.25, -0.2) is 19.6 Å². The van der Waals surface area contributed by atoms with Gasteiger partial charge < -0.3 is 34.8 Å². The Bertz CT molecular complexity index is 1390. The molecule has 0 radical (unpaired) electrons. The molecule has 0 saturated carbocycles. The van der Waals surface area contributed by atoms with E-state index in [1.807, 2.05) is 0 Å². The van der Waals surface area contributed by atoms with Crippen LogP contribution in [0.1, 0.15) is 11.8 Å². The normalized spacial score (nSPS) is 23.3. The van der Waals surface area contributed by atoms with Gasteiger partial charge in [-0.2, -0.15) is 0 Å². The largest absolute Gasteiger partial charge is 0.479 e. The number of hydrogen-bond donors (Lipinski definition) is 4. The van der Waals surface area contributed by atoms with Crippen molar-refractivity contribution in [3.63, 3.8) is 0 Å². The summed E-state index contributed by atoms with van der Waals surface area (Å²) in [6.45, 7) is -0.774. The molecule has 0 amide bonds. The fourth-order valence-corrected chi connectivity index (χ4v) is 4.51. The van der Waals surface area contributed by atoms with Crippen molar-refractivity contribution < 1.29 is 39.5 Å². The van der Waals surface area contributed by atoms with Gasteiger partial charge in [0.25, 0.3) is 5.60 Å². The summed E-state index contributed by atoms with van der Waals surface area (Å²) >= 11 is 6.18. The number of carboxylic acids is 2. The number of halogens is 1. The van der Waals surface area contributed by atoms with Crippen LogP contribution in [0.4, 0.5) is 5.69 Å². The first-order chi connectivity index (χ1) is 17.9. The molecule has 12 nitrogen and oxygen atoms in total. The van der Waals surface area contributed by atoms with Crippen LogP contribution in [0, 0.1) is 12.3 Å². The van der Waals surface area contributed by atoms with Crippen LogP contribution < -0.4 is 4.90 Å². The number of carbonyl (C=O) groups is 2. The lowest BCUT2D eigenvalue weighted by Crippen LogP contribution is -2.55. The summed E-state index contributed by atoms with van der Waals surface area (Å²) in [6, 6.07) is 9.65. The van der Waals surface area contributed by atoms with E-state index in [1.165, 1.54) is 10.9 Å². The number of aromatic nitrogens is 3. The summed E-state index contributed by atoms with van der Waals surface area (Å²) in [5.41, 5.74) is -3.43. The van der Waals surface area contributed by atoms with Gasteiger partial charge in [-0.05, 0) is 5.56 Å². The summed E-state index contributed by atoms with van der Waals surface area (Å²) in [4.78, 5) is 34.6. The molecule has 4 rings (SSSR count). The number of aliphatic carboxylic acids is 2. The Kier molecular flexibility index (Phi) is 7.33. The predicted molar refractivity (Wildman–Crippen MR) is 135 cm³/mol. The molecule has 200 valence electrons. The van der Waals surface area contributed by atoms with Crippen molar-refractivity contribution in [3.8, 4) is 12.3 Å². The van der Waals surface area contributed by atoms with Gasteiger partial charge in [0.05, 0.1) is 18.6 Å².